The molecule has 1 aliphatic rings. The van der Waals surface area contributed by atoms with Gasteiger partial charge in [-0.3, -0.25) is 14.6 Å². The van der Waals surface area contributed by atoms with E-state index in [0.717, 1.165) is 10.4 Å². The molecule has 1 aromatic heterocycles. The molecule has 1 aliphatic heterocycles. The number of rotatable bonds is 6. The van der Waals surface area contributed by atoms with Gasteiger partial charge in [-0.2, -0.15) is 8.78 Å². The van der Waals surface area contributed by atoms with Gasteiger partial charge in [-0.15, -0.1) is 11.3 Å². The number of nitrogens with one attached hydrogen (secondary N) is 2. The van der Waals surface area contributed by atoms with Crippen molar-refractivity contribution in [1.82, 2.24) is 15.6 Å². The third-order valence-corrected chi connectivity index (χ3v) is 4.55. The van der Waals surface area contributed by atoms with Crippen LogP contribution in [-0.2, 0) is 22.4 Å². The Morgan fingerprint density at radius 3 is 2.28 bits per heavy atom. The van der Waals surface area contributed by atoms with E-state index in [1.807, 2.05) is 0 Å². The number of hydrogen-bond acceptors (Lipinski definition) is 5. The van der Waals surface area contributed by atoms with Crippen LogP contribution in [0.1, 0.15) is 10.4 Å². The number of alkyl halides is 2. The second kappa shape index (κ2) is 7.56. The molecule has 2 aromatic rings. The van der Waals surface area contributed by atoms with Crippen molar-refractivity contribution in [2.45, 2.75) is 31.5 Å². The second-order valence-electron chi connectivity index (χ2n) is 5.52. The molecule has 0 spiro atoms. The fourth-order valence-corrected chi connectivity index (χ4v) is 3.19. The van der Waals surface area contributed by atoms with E-state index in [-0.39, 0.29) is 24.0 Å². The van der Waals surface area contributed by atoms with Crippen LogP contribution in [0.3, 0.4) is 0 Å². The van der Waals surface area contributed by atoms with Gasteiger partial charge in [0.2, 0.25) is 11.8 Å². The Morgan fingerprint density at radius 2 is 1.72 bits per heavy atom. The van der Waals surface area contributed by atoms with Crippen molar-refractivity contribution >= 4 is 23.2 Å². The van der Waals surface area contributed by atoms with Crippen LogP contribution in [0.2, 0.25) is 0 Å². The summed E-state index contributed by atoms with van der Waals surface area (Å²) in [4.78, 5) is 29.3. The summed E-state index contributed by atoms with van der Waals surface area (Å²) in [5, 5.41) is 5.42. The zero-order valence-corrected chi connectivity index (χ0v) is 13.8. The van der Waals surface area contributed by atoms with Crippen molar-refractivity contribution in [1.29, 1.82) is 0 Å². The average Bonchev–Trinajstić information content (AvgIpc) is 3.06. The van der Waals surface area contributed by atoms with Crippen molar-refractivity contribution in [3.05, 3.63) is 46.4 Å². The molecule has 2 atom stereocenters. The van der Waals surface area contributed by atoms with E-state index in [1.54, 1.807) is 23.8 Å². The Kier molecular flexibility index (Phi) is 5.22. The predicted octanol–water partition coefficient (Wildman–Crippen LogP) is 1.51. The first-order valence-corrected chi connectivity index (χ1v) is 8.41. The lowest BCUT2D eigenvalue weighted by atomic mass is 10.0. The Hall–Kier alpha value is -2.55. The molecule has 2 N–H and O–H groups in total. The maximum atomic E-state index is 12.2. The monoisotopic (exact) mass is 367 g/mol. The van der Waals surface area contributed by atoms with E-state index in [1.165, 1.54) is 23.5 Å². The van der Waals surface area contributed by atoms with Gasteiger partial charge in [-0.05, 0) is 17.7 Å². The standard InChI is InChI=1S/C16H15F2N3O3S/c17-16(18)24-10-3-1-9(2-4-10)5-12-14(22)21-13(15(23)20-12)6-11-7-19-8-25-11/h1-4,7-8,12-13,16H,5-6H2,(H,20,23)(H,21,22). The molecule has 0 aliphatic carbocycles. The van der Waals surface area contributed by atoms with Crippen LogP contribution in [0.4, 0.5) is 8.78 Å². The Balaban J connectivity index is 1.59. The summed E-state index contributed by atoms with van der Waals surface area (Å²) in [5.74, 6) is -0.488. The zero-order valence-electron chi connectivity index (χ0n) is 12.9. The third kappa shape index (κ3) is 4.50. The van der Waals surface area contributed by atoms with Gasteiger partial charge in [0, 0.05) is 23.9 Å². The lowest BCUT2D eigenvalue weighted by Gasteiger charge is -2.29. The van der Waals surface area contributed by atoms with Gasteiger partial charge in [-0.25, -0.2) is 0 Å². The van der Waals surface area contributed by atoms with Gasteiger partial charge in [-0.1, -0.05) is 12.1 Å². The Morgan fingerprint density at radius 1 is 1.08 bits per heavy atom. The zero-order chi connectivity index (χ0) is 17.8. The Labute approximate surface area is 146 Å². The maximum Gasteiger partial charge on any atom is 0.387 e. The number of piperazine rings is 1. The van der Waals surface area contributed by atoms with E-state index in [2.05, 4.69) is 20.4 Å². The summed E-state index contributed by atoms with van der Waals surface area (Å²) in [5.41, 5.74) is 2.39. The molecule has 2 unspecified atom stereocenters. The van der Waals surface area contributed by atoms with Crippen molar-refractivity contribution in [2.75, 3.05) is 0 Å². The van der Waals surface area contributed by atoms with E-state index < -0.39 is 18.7 Å². The molecule has 3 rings (SSSR count). The minimum atomic E-state index is -2.88. The van der Waals surface area contributed by atoms with E-state index >= 15 is 0 Å². The Bertz CT molecular complexity index is 738. The first-order chi connectivity index (χ1) is 12.0. The minimum absolute atomic E-state index is 0.0421. The van der Waals surface area contributed by atoms with Crippen molar-refractivity contribution < 1.29 is 23.1 Å². The van der Waals surface area contributed by atoms with Crippen molar-refractivity contribution in [2.24, 2.45) is 0 Å². The molecule has 1 aromatic carbocycles. The van der Waals surface area contributed by atoms with Crippen LogP contribution < -0.4 is 15.4 Å². The van der Waals surface area contributed by atoms with Crippen molar-refractivity contribution in [3.63, 3.8) is 0 Å². The molecule has 1 saturated heterocycles. The van der Waals surface area contributed by atoms with Crippen LogP contribution in [-0.4, -0.2) is 35.5 Å². The number of carbonyl (C=O) groups is 2. The van der Waals surface area contributed by atoms with Gasteiger partial charge in [0.1, 0.15) is 17.8 Å². The SMILES string of the molecule is O=C1NC(Cc2cncs2)C(=O)NC1Cc1ccc(OC(F)F)cc1. The fourth-order valence-electron chi connectivity index (χ4n) is 2.55. The van der Waals surface area contributed by atoms with Crippen LogP contribution in [0, 0.1) is 0 Å². The van der Waals surface area contributed by atoms with Crippen LogP contribution >= 0.6 is 11.3 Å². The van der Waals surface area contributed by atoms with Crippen molar-refractivity contribution in [3.8, 4) is 5.75 Å². The number of thiazole rings is 1. The number of aromatic nitrogens is 1. The molecule has 1 fully saturated rings. The highest BCUT2D eigenvalue weighted by Gasteiger charge is 2.33. The predicted molar refractivity (Wildman–Crippen MR) is 86.5 cm³/mol. The molecule has 0 radical (unpaired) electrons. The normalized spacial score (nSPS) is 20.3. The number of halogens is 2. The van der Waals surface area contributed by atoms with Gasteiger partial charge in [0.25, 0.3) is 0 Å². The summed E-state index contributed by atoms with van der Waals surface area (Å²) >= 11 is 1.42. The van der Waals surface area contributed by atoms with E-state index in [4.69, 9.17) is 0 Å². The summed E-state index contributed by atoms with van der Waals surface area (Å²) in [6.45, 7) is -2.88. The highest BCUT2D eigenvalue weighted by Crippen LogP contribution is 2.17. The number of ether oxygens (including phenoxy) is 1. The minimum Gasteiger partial charge on any atom is -0.435 e. The van der Waals surface area contributed by atoms with Gasteiger partial charge < -0.3 is 15.4 Å². The molecular formula is C16H15F2N3O3S. The topological polar surface area (TPSA) is 80.3 Å². The van der Waals surface area contributed by atoms with Crippen LogP contribution in [0.5, 0.6) is 5.75 Å². The largest absolute Gasteiger partial charge is 0.435 e. The summed E-state index contributed by atoms with van der Waals surface area (Å²) < 4.78 is 28.5. The molecule has 0 saturated carbocycles. The molecule has 2 amide bonds. The lowest BCUT2D eigenvalue weighted by Crippen LogP contribution is -2.62. The molecule has 0 bridgehead atoms. The van der Waals surface area contributed by atoms with Crippen LogP contribution in [0.25, 0.3) is 0 Å². The molecular weight excluding hydrogens is 352 g/mol. The quantitative estimate of drug-likeness (QED) is 0.811. The van der Waals surface area contributed by atoms with Crippen LogP contribution in [0.15, 0.2) is 36.0 Å². The third-order valence-electron chi connectivity index (χ3n) is 3.74. The number of amides is 2. The highest BCUT2D eigenvalue weighted by atomic mass is 32.1. The molecule has 25 heavy (non-hydrogen) atoms. The number of carbonyl (C=O) groups excluding carboxylic acids is 2. The molecule has 9 heteroatoms. The smallest absolute Gasteiger partial charge is 0.387 e. The lowest BCUT2D eigenvalue weighted by molar-refractivity contribution is -0.136. The first-order valence-electron chi connectivity index (χ1n) is 7.53. The summed E-state index contributed by atoms with van der Waals surface area (Å²) in [6, 6.07) is 4.65. The highest BCUT2D eigenvalue weighted by molar-refractivity contribution is 7.09. The number of nitrogens with zero attached hydrogens (tertiary/aromatic N) is 1. The fraction of sp³-hybridized carbons (Fsp3) is 0.312. The molecule has 2 heterocycles. The number of benzene rings is 1. The maximum absolute atomic E-state index is 12.2. The summed E-state index contributed by atoms with van der Waals surface area (Å²) in [7, 11) is 0. The van der Waals surface area contributed by atoms with Gasteiger partial charge >= 0.3 is 6.61 Å². The number of hydrogen-bond donors (Lipinski definition) is 2. The second-order valence-corrected chi connectivity index (χ2v) is 6.49. The average molecular weight is 367 g/mol. The van der Waals surface area contributed by atoms with E-state index in [0.29, 0.717) is 6.42 Å². The summed E-state index contributed by atoms with van der Waals surface area (Å²) in [6.07, 6.45) is 2.33. The van der Waals surface area contributed by atoms with Gasteiger partial charge in [0.05, 0.1) is 5.51 Å². The molecule has 6 nitrogen and oxygen atoms in total. The van der Waals surface area contributed by atoms with E-state index in [9.17, 15) is 18.4 Å². The molecule has 132 valence electrons. The van der Waals surface area contributed by atoms with Gasteiger partial charge in [0.15, 0.2) is 0 Å². The first kappa shape index (κ1) is 17.3.